The van der Waals surface area contributed by atoms with Crippen molar-refractivity contribution < 1.29 is 14.1 Å². The summed E-state index contributed by atoms with van der Waals surface area (Å²) in [5.41, 5.74) is 0.564. The van der Waals surface area contributed by atoms with E-state index in [0.29, 0.717) is 24.8 Å². The summed E-state index contributed by atoms with van der Waals surface area (Å²) >= 11 is 0. The Morgan fingerprint density at radius 3 is 2.75 bits per heavy atom. The van der Waals surface area contributed by atoms with E-state index in [0.717, 1.165) is 6.07 Å². The largest absolute Gasteiger partial charge is 0.294 e. The molecule has 0 N–H and O–H groups in total. The number of carbonyl (C=O) groups excluding carboxylic acids is 1. The van der Waals surface area contributed by atoms with Gasteiger partial charge in [0.1, 0.15) is 5.82 Å². The van der Waals surface area contributed by atoms with Crippen LogP contribution in [-0.2, 0) is 6.42 Å². The van der Waals surface area contributed by atoms with Crippen molar-refractivity contribution in [1.82, 2.24) is 0 Å². The van der Waals surface area contributed by atoms with Crippen LogP contribution in [0.3, 0.4) is 0 Å². The molecule has 4 nitrogen and oxygen atoms in total. The molecule has 0 unspecified atom stereocenters. The van der Waals surface area contributed by atoms with Crippen LogP contribution in [-0.4, -0.2) is 10.7 Å². The number of benzene rings is 1. The lowest BCUT2D eigenvalue weighted by atomic mass is 9.86. The normalized spacial score (nSPS) is 14.8. The van der Waals surface area contributed by atoms with Crippen LogP contribution in [0, 0.1) is 22.9 Å². The Morgan fingerprint density at radius 2 is 2.12 bits per heavy atom. The van der Waals surface area contributed by atoms with Crippen molar-refractivity contribution in [1.29, 1.82) is 0 Å². The first kappa shape index (κ1) is 10.7. The number of nitro groups is 1. The standard InChI is InChI=1S/C11H10FNO3/c1-6-8(12)5-9(13(15)16)7-3-2-4-10(14)11(6)7/h5H,2-4H2,1H3. The third-order valence-electron chi connectivity index (χ3n) is 2.91. The van der Waals surface area contributed by atoms with E-state index >= 15 is 0 Å². The van der Waals surface area contributed by atoms with Gasteiger partial charge < -0.3 is 0 Å². The monoisotopic (exact) mass is 223 g/mol. The molecule has 1 aliphatic carbocycles. The maximum Gasteiger partial charge on any atom is 0.276 e. The molecule has 0 heterocycles. The highest BCUT2D eigenvalue weighted by molar-refractivity contribution is 6.00. The molecule has 0 saturated carbocycles. The van der Waals surface area contributed by atoms with E-state index in [1.54, 1.807) is 0 Å². The van der Waals surface area contributed by atoms with Gasteiger partial charge in [0.05, 0.1) is 11.0 Å². The van der Waals surface area contributed by atoms with E-state index in [-0.39, 0.29) is 22.6 Å². The minimum Gasteiger partial charge on any atom is -0.294 e. The van der Waals surface area contributed by atoms with Crippen LogP contribution in [0.15, 0.2) is 6.07 Å². The Kier molecular flexibility index (Phi) is 2.46. The molecule has 0 spiro atoms. The van der Waals surface area contributed by atoms with Crippen molar-refractivity contribution in [3.8, 4) is 0 Å². The van der Waals surface area contributed by atoms with Crippen molar-refractivity contribution in [3.63, 3.8) is 0 Å². The van der Waals surface area contributed by atoms with E-state index in [9.17, 15) is 19.3 Å². The van der Waals surface area contributed by atoms with Crippen LogP contribution in [0.5, 0.6) is 0 Å². The van der Waals surface area contributed by atoms with Gasteiger partial charge in [-0.3, -0.25) is 14.9 Å². The molecule has 0 radical (unpaired) electrons. The molecular formula is C11H10FNO3. The summed E-state index contributed by atoms with van der Waals surface area (Å²) in [6, 6.07) is 0.909. The molecule has 1 aromatic carbocycles. The van der Waals surface area contributed by atoms with Crippen LogP contribution in [0.1, 0.15) is 34.3 Å². The van der Waals surface area contributed by atoms with Gasteiger partial charge in [0, 0.05) is 17.5 Å². The van der Waals surface area contributed by atoms with Crippen molar-refractivity contribution in [2.45, 2.75) is 26.2 Å². The van der Waals surface area contributed by atoms with Crippen molar-refractivity contribution in [2.24, 2.45) is 0 Å². The topological polar surface area (TPSA) is 60.2 Å². The summed E-state index contributed by atoms with van der Waals surface area (Å²) in [7, 11) is 0. The van der Waals surface area contributed by atoms with E-state index in [4.69, 9.17) is 0 Å². The predicted octanol–water partition coefficient (Wildman–Crippen LogP) is 2.56. The average Bonchev–Trinajstić information content (AvgIpc) is 2.22. The SMILES string of the molecule is Cc1c(F)cc([N+](=O)[O-])c2c1C(=O)CCC2. The molecule has 0 fully saturated rings. The lowest BCUT2D eigenvalue weighted by Gasteiger charge is -2.17. The van der Waals surface area contributed by atoms with Crippen LogP contribution in [0.4, 0.5) is 10.1 Å². The molecular weight excluding hydrogens is 213 g/mol. The van der Waals surface area contributed by atoms with Crippen LogP contribution in [0.25, 0.3) is 0 Å². The smallest absolute Gasteiger partial charge is 0.276 e. The van der Waals surface area contributed by atoms with Gasteiger partial charge >= 0.3 is 0 Å². The Morgan fingerprint density at radius 1 is 1.44 bits per heavy atom. The minimum atomic E-state index is -0.680. The molecule has 2 rings (SSSR count). The fraction of sp³-hybridized carbons (Fsp3) is 0.364. The summed E-state index contributed by atoms with van der Waals surface area (Å²) in [5, 5.41) is 10.8. The Balaban J connectivity index is 2.77. The van der Waals surface area contributed by atoms with Crippen LogP contribution in [0.2, 0.25) is 0 Å². The fourth-order valence-corrected chi connectivity index (χ4v) is 2.13. The zero-order valence-electron chi connectivity index (χ0n) is 8.75. The second-order valence-corrected chi connectivity index (χ2v) is 3.89. The number of ketones is 1. The van der Waals surface area contributed by atoms with E-state index in [2.05, 4.69) is 0 Å². The van der Waals surface area contributed by atoms with Gasteiger partial charge in [0.2, 0.25) is 0 Å². The maximum absolute atomic E-state index is 13.4. The number of hydrogen-bond donors (Lipinski definition) is 0. The Labute approximate surface area is 91.2 Å². The average molecular weight is 223 g/mol. The third kappa shape index (κ3) is 1.48. The van der Waals surface area contributed by atoms with E-state index < -0.39 is 10.7 Å². The molecule has 16 heavy (non-hydrogen) atoms. The maximum atomic E-state index is 13.4. The summed E-state index contributed by atoms with van der Waals surface area (Å²) in [6.45, 7) is 1.49. The van der Waals surface area contributed by atoms with Crippen LogP contribution < -0.4 is 0 Å². The summed E-state index contributed by atoms with van der Waals surface area (Å²) < 4.78 is 13.4. The second-order valence-electron chi connectivity index (χ2n) is 3.89. The first-order chi connectivity index (χ1) is 7.52. The zero-order valence-corrected chi connectivity index (χ0v) is 8.75. The second kappa shape index (κ2) is 3.66. The quantitative estimate of drug-likeness (QED) is 0.543. The van der Waals surface area contributed by atoms with Gasteiger partial charge in [0.25, 0.3) is 5.69 Å². The summed E-state index contributed by atoms with van der Waals surface area (Å²) in [6.07, 6.45) is 1.41. The first-order valence-electron chi connectivity index (χ1n) is 5.02. The van der Waals surface area contributed by atoms with Crippen LogP contribution >= 0.6 is 0 Å². The van der Waals surface area contributed by atoms with Crippen molar-refractivity contribution >= 4 is 11.5 Å². The number of halogens is 1. The highest BCUT2D eigenvalue weighted by Gasteiger charge is 2.29. The highest BCUT2D eigenvalue weighted by atomic mass is 19.1. The molecule has 0 atom stereocenters. The van der Waals surface area contributed by atoms with Gasteiger partial charge in [0.15, 0.2) is 5.78 Å². The molecule has 84 valence electrons. The molecule has 0 saturated heterocycles. The molecule has 1 aromatic rings. The first-order valence-corrected chi connectivity index (χ1v) is 5.02. The van der Waals surface area contributed by atoms with Gasteiger partial charge in [-0.25, -0.2) is 4.39 Å². The lowest BCUT2D eigenvalue weighted by molar-refractivity contribution is -0.385. The Hall–Kier alpha value is -1.78. The summed E-state index contributed by atoms with van der Waals surface area (Å²) in [5.74, 6) is -0.873. The van der Waals surface area contributed by atoms with E-state index in [1.165, 1.54) is 6.92 Å². The van der Waals surface area contributed by atoms with Gasteiger partial charge in [-0.15, -0.1) is 0 Å². The fourth-order valence-electron chi connectivity index (χ4n) is 2.13. The number of nitro benzene ring substituents is 1. The number of hydrogen-bond acceptors (Lipinski definition) is 3. The van der Waals surface area contributed by atoms with Gasteiger partial charge in [-0.2, -0.15) is 0 Å². The van der Waals surface area contributed by atoms with Crippen molar-refractivity contribution in [3.05, 3.63) is 38.7 Å². The number of Topliss-reactive ketones (excluding diaryl/α,β-unsaturated/α-hetero) is 1. The van der Waals surface area contributed by atoms with Crippen molar-refractivity contribution in [2.75, 3.05) is 0 Å². The summed E-state index contributed by atoms with van der Waals surface area (Å²) in [4.78, 5) is 21.8. The third-order valence-corrected chi connectivity index (χ3v) is 2.91. The molecule has 0 aromatic heterocycles. The minimum absolute atomic E-state index is 0.193. The molecule has 0 bridgehead atoms. The number of carbonyl (C=O) groups is 1. The number of fused-ring (bicyclic) bond motifs is 1. The van der Waals surface area contributed by atoms with E-state index in [1.807, 2.05) is 0 Å². The molecule has 5 heteroatoms. The Bertz CT molecular complexity index is 496. The highest BCUT2D eigenvalue weighted by Crippen LogP contribution is 2.33. The zero-order chi connectivity index (χ0) is 11.9. The lowest BCUT2D eigenvalue weighted by Crippen LogP contribution is -2.15. The number of nitrogens with zero attached hydrogens (tertiary/aromatic N) is 1. The molecule has 0 aliphatic heterocycles. The van der Waals surface area contributed by atoms with Gasteiger partial charge in [-0.05, 0) is 25.3 Å². The number of rotatable bonds is 1. The van der Waals surface area contributed by atoms with Gasteiger partial charge in [-0.1, -0.05) is 0 Å². The molecule has 1 aliphatic rings. The molecule has 0 amide bonds. The predicted molar refractivity (Wildman–Crippen MR) is 55.1 cm³/mol.